The maximum absolute atomic E-state index is 12.7. The summed E-state index contributed by atoms with van der Waals surface area (Å²) in [7, 11) is 3.31. The van der Waals surface area contributed by atoms with Crippen molar-refractivity contribution in [3.05, 3.63) is 77.4 Å². The Morgan fingerprint density at radius 1 is 0.720 bits per heavy atom. The largest absolute Gasteiger partial charge is 0.497 e. The minimum Gasteiger partial charge on any atom is -0.497 e. The summed E-state index contributed by atoms with van der Waals surface area (Å²) >= 11 is 0. The second kappa shape index (κ2) is 16.0. The van der Waals surface area contributed by atoms with Crippen molar-refractivity contribution in [2.75, 3.05) is 28.4 Å². The van der Waals surface area contributed by atoms with Gasteiger partial charge in [-0.3, -0.25) is 18.4 Å². The molecule has 6 rings (SSSR count). The quantitative estimate of drug-likeness (QED) is 0.157. The minimum atomic E-state index is -2.92. The van der Waals surface area contributed by atoms with E-state index in [2.05, 4.69) is 34.6 Å². The molecule has 0 bridgehead atoms. The number of rotatable bonds is 12. The summed E-state index contributed by atoms with van der Waals surface area (Å²) in [5, 5.41) is 0.625. The molecule has 0 amide bonds. The van der Waals surface area contributed by atoms with E-state index in [1.807, 2.05) is 32.0 Å². The van der Waals surface area contributed by atoms with Crippen LogP contribution in [0.2, 0.25) is 0 Å². The van der Waals surface area contributed by atoms with E-state index in [1.54, 1.807) is 26.5 Å². The van der Waals surface area contributed by atoms with Gasteiger partial charge in [0.2, 0.25) is 0 Å². The summed E-state index contributed by atoms with van der Waals surface area (Å²) in [6.45, 7) is 0.941. The van der Waals surface area contributed by atoms with Gasteiger partial charge in [-0.15, -0.1) is 0 Å². The van der Waals surface area contributed by atoms with Crippen LogP contribution >= 0.6 is 0 Å². The fourth-order valence-electron chi connectivity index (χ4n) is 5.00. The first-order chi connectivity index (χ1) is 24.0. The average molecular weight is 729 g/mol. The molecule has 4 heterocycles. The molecule has 4 aromatic heterocycles. The highest BCUT2D eigenvalue weighted by molar-refractivity contribution is 7.84. The van der Waals surface area contributed by atoms with Crippen molar-refractivity contribution < 1.29 is 40.9 Å². The van der Waals surface area contributed by atoms with E-state index in [-0.39, 0.29) is 22.4 Å². The Bertz CT molecular complexity index is 2180. The second-order valence-electron chi connectivity index (χ2n) is 10.5. The van der Waals surface area contributed by atoms with Crippen LogP contribution in [-0.4, -0.2) is 73.4 Å². The number of aromatic amines is 2. The van der Waals surface area contributed by atoms with Crippen molar-refractivity contribution in [1.29, 1.82) is 0 Å². The van der Waals surface area contributed by atoms with Gasteiger partial charge in [-0.05, 0) is 38.1 Å². The van der Waals surface area contributed by atoms with Crippen LogP contribution in [0.4, 0.5) is 8.78 Å². The van der Waals surface area contributed by atoms with Gasteiger partial charge in [-0.2, -0.15) is 8.78 Å². The predicted octanol–water partition coefficient (Wildman–Crippen LogP) is 5.78. The summed E-state index contributed by atoms with van der Waals surface area (Å²) in [6.07, 6.45) is 3.27. The molecule has 0 aliphatic carbocycles. The molecule has 6 aromatic rings. The Morgan fingerprint density at radius 2 is 1.30 bits per heavy atom. The molecule has 0 saturated carbocycles. The molecule has 0 aliphatic rings. The van der Waals surface area contributed by atoms with E-state index >= 15 is 0 Å². The number of alkyl halides is 2. The first-order valence-corrected chi connectivity index (χ1v) is 17.5. The Kier molecular flexibility index (Phi) is 11.6. The van der Waals surface area contributed by atoms with Gasteiger partial charge in [-0.25, -0.2) is 9.97 Å². The van der Waals surface area contributed by atoms with E-state index in [9.17, 15) is 17.2 Å². The van der Waals surface area contributed by atoms with Crippen LogP contribution in [0, 0.1) is 13.8 Å². The molecule has 2 aromatic carbocycles. The van der Waals surface area contributed by atoms with E-state index in [0.717, 1.165) is 39.4 Å². The van der Waals surface area contributed by atoms with Crippen LogP contribution in [0.5, 0.6) is 28.7 Å². The van der Waals surface area contributed by atoms with Gasteiger partial charge < -0.3 is 33.7 Å². The number of nitrogens with zero attached hydrogens (tertiary/aromatic N) is 4. The summed E-state index contributed by atoms with van der Waals surface area (Å²) in [4.78, 5) is 23.2. The third kappa shape index (κ3) is 8.16. The third-order valence-corrected chi connectivity index (χ3v) is 9.73. The molecule has 0 aliphatic heterocycles. The Morgan fingerprint density at radius 3 is 1.86 bits per heavy atom. The summed E-state index contributed by atoms with van der Waals surface area (Å²) in [5.41, 5.74) is 5.54. The third-order valence-electron chi connectivity index (χ3n) is 7.41. The number of halogens is 2. The molecule has 13 nitrogen and oxygen atoms in total. The number of benzene rings is 2. The highest BCUT2D eigenvalue weighted by atomic mass is 32.2. The zero-order chi connectivity index (χ0) is 35.9. The van der Waals surface area contributed by atoms with Gasteiger partial charge in [0.25, 0.3) is 0 Å². The second-order valence-corrected chi connectivity index (χ2v) is 13.3. The normalized spacial score (nSPS) is 12.3. The number of pyridine rings is 2. The predicted molar refractivity (Wildman–Crippen MR) is 183 cm³/mol. The number of methoxy groups -OCH3 is 4. The van der Waals surface area contributed by atoms with Gasteiger partial charge in [-0.1, -0.05) is 0 Å². The van der Waals surface area contributed by atoms with Gasteiger partial charge in [0, 0.05) is 41.7 Å². The van der Waals surface area contributed by atoms with Gasteiger partial charge >= 0.3 is 6.61 Å². The van der Waals surface area contributed by atoms with Gasteiger partial charge in [0.1, 0.15) is 17.2 Å². The number of nitrogens with one attached hydrogen (secondary N) is 2. The monoisotopic (exact) mass is 728 g/mol. The number of ether oxygens (including phenoxy) is 5. The van der Waals surface area contributed by atoms with E-state index in [0.29, 0.717) is 33.4 Å². The number of imidazole rings is 2. The number of hydrogen-bond acceptors (Lipinski definition) is 11. The molecule has 50 heavy (non-hydrogen) atoms. The molecule has 17 heteroatoms. The molecule has 2 atom stereocenters. The van der Waals surface area contributed by atoms with Gasteiger partial charge in [0.05, 0.1) is 95.0 Å². The molecular formula is C33H34F2N6O7S2. The fourth-order valence-corrected chi connectivity index (χ4v) is 7.12. The van der Waals surface area contributed by atoms with E-state index < -0.39 is 28.2 Å². The van der Waals surface area contributed by atoms with Crippen molar-refractivity contribution >= 4 is 43.7 Å². The molecule has 2 N–H and O–H groups in total. The lowest BCUT2D eigenvalue weighted by molar-refractivity contribution is -0.0497. The SMILES string of the molecule is COc1ccc2nc(S(=O)Cc3ncc(C)c(OC)c3C)[nH]c2c1.COc1ccnc(CS(=O)c2nc3ccc(OC(F)F)cc3[nH]2)c1OC. The summed E-state index contributed by atoms with van der Waals surface area (Å²) in [6, 6.07) is 11.4. The fraction of sp³-hybridized carbons (Fsp3) is 0.273. The Balaban J connectivity index is 0.000000195. The first kappa shape index (κ1) is 36.1. The Labute approximate surface area is 290 Å². The van der Waals surface area contributed by atoms with Crippen molar-refractivity contribution in [2.45, 2.75) is 42.3 Å². The molecule has 0 fully saturated rings. The van der Waals surface area contributed by atoms with Crippen LogP contribution < -0.4 is 23.7 Å². The van der Waals surface area contributed by atoms with Crippen LogP contribution in [0.15, 0.2) is 65.2 Å². The van der Waals surface area contributed by atoms with E-state index in [4.69, 9.17) is 18.9 Å². The molecule has 0 spiro atoms. The summed E-state index contributed by atoms with van der Waals surface area (Å²) < 4.78 is 75.3. The number of hydrogen-bond donors (Lipinski definition) is 2. The van der Waals surface area contributed by atoms with Crippen LogP contribution in [-0.2, 0) is 33.1 Å². The minimum absolute atomic E-state index is 0.00962. The van der Waals surface area contributed by atoms with Crippen molar-refractivity contribution in [1.82, 2.24) is 29.9 Å². The zero-order valence-electron chi connectivity index (χ0n) is 27.9. The maximum atomic E-state index is 12.7. The van der Waals surface area contributed by atoms with Crippen molar-refractivity contribution in [2.24, 2.45) is 0 Å². The Hall–Kier alpha value is -5.16. The molecule has 2 unspecified atom stereocenters. The zero-order valence-corrected chi connectivity index (χ0v) is 29.5. The lowest BCUT2D eigenvalue weighted by atomic mass is 10.1. The van der Waals surface area contributed by atoms with Gasteiger partial charge in [0.15, 0.2) is 21.8 Å². The maximum Gasteiger partial charge on any atom is 0.387 e. The average Bonchev–Trinajstić information content (AvgIpc) is 3.74. The van der Waals surface area contributed by atoms with Crippen LogP contribution in [0.3, 0.4) is 0 Å². The topological polar surface area (TPSA) is 163 Å². The van der Waals surface area contributed by atoms with Crippen molar-refractivity contribution in [3.8, 4) is 28.7 Å². The van der Waals surface area contributed by atoms with Crippen LogP contribution in [0.25, 0.3) is 22.1 Å². The smallest absolute Gasteiger partial charge is 0.387 e. The summed E-state index contributed by atoms with van der Waals surface area (Å²) in [5.74, 6) is 2.69. The number of aromatic nitrogens is 6. The molecule has 0 radical (unpaired) electrons. The highest BCUT2D eigenvalue weighted by Crippen LogP contribution is 2.31. The molecule has 0 saturated heterocycles. The number of H-pyrrole nitrogens is 2. The van der Waals surface area contributed by atoms with Crippen molar-refractivity contribution in [3.63, 3.8) is 0 Å². The standard InChI is InChI=1S/C17H19N3O3S.C16H15F2N3O4S/c1-10-8-18-15(11(2)16(10)23-4)9-24(21)17-19-13-6-5-12(22-3)7-14(13)20-17;1-23-13-5-6-19-12(14(13)24-2)8-26(22)16-20-10-4-3-9(25-15(17)18)7-11(10)21-16/h5-8H,9H2,1-4H3,(H,19,20);3-7,15H,8H2,1-2H3,(H,20,21). The number of fused-ring (bicyclic) bond motifs is 2. The molecular weight excluding hydrogens is 695 g/mol. The molecule has 264 valence electrons. The lowest BCUT2D eigenvalue weighted by Gasteiger charge is -2.11. The van der Waals surface area contributed by atoms with E-state index in [1.165, 1.54) is 38.6 Å². The van der Waals surface area contributed by atoms with Crippen LogP contribution in [0.1, 0.15) is 22.5 Å². The lowest BCUT2D eigenvalue weighted by Crippen LogP contribution is -2.05. The highest BCUT2D eigenvalue weighted by Gasteiger charge is 2.19. The number of aryl methyl sites for hydroxylation is 1. The first-order valence-electron chi connectivity index (χ1n) is 14.8.